The molecule has 0 radical (unpaired) electrons. The average Bonchev–Trinajstić information content (AvgIpc) is 3.43. The van der Waals surface area contributed by atoms with Crippen LogP contribution in [-0.4, -0.2) is 45.2 Å². The van der Waals surface area contributed by atoms with Crippen molar-refractivity contribution in [1.82, 2.24) is 25.0 Å². The number of hydrogen-bond acceptors (Lipinski definition) is 4. The van der Waals surface area contributed by atoms with E-state index in [4.69, 9.17) is 11.6 Å². The van der Waals surface area contributed by atoms with Gasteiger partial charge in [0.15, 0.2) is 5.82 Å². The minimum atomic E-state index is -0.188. The molecule has 1 saturated heterocycles. The highest BCUT2D eigenvalue weighted by molar-refractivity contribution is 6.30. The topological polar surface area (TPSA) is 92.2 Å². The summed E-state index contributed by atoms with van der Waals surface area (Å²) in [4.78, 5) is 26.9. The van der Waals surface area contributed by atoms with E-state index in [0.717, 1.165) is 35.6 Å². The molecule has 1 aromatic heterocycles. The Labute approximate surface area is 198 Å². The van der Waals surface area contributed by atoms with Crippen molar-refractivity contribution in [2.75, 3.05) is 18.9 Å². The third kappa shape index (κ3) is 4.85. The molecule has 0 bridgehead atoms. The fraction of sp³-hybridized carbons (Fsp3) is 0.333. The zero-order valence-electron chi connectivity index (χ0n) is 18.9. The molecule has 8 nitrogen and oxygen atoms in total. The smallest absolute Gasteiger partial charge is 0.322 e. The third-order valence-electron chi connectivity index (χ3n) is 5.99. The van der Waals surface area contributed by atoms with Crippen LogP contribution in [0.15, 0.2) is 42.5 Å². The van der Waals surface area contributed by atoms with Crippen molar-refractivity contribution in [3.05, 3.63) is 75.8 Å². The van der Waals surface area contributed by atoms with Crippen LogP contribution in [0.3, 0.4) is 0 Å². The van der Waals surface area contributed by atoms with E-state index in [2.05, 4.69) is 25.4 Å². The Balaban J connectivity index is 1.53. The van der Waals surface area contributed by atoms with Gasteiger partial charge in [-0.05, 0) is 68.1 Å². The van der Waals surface area contributed by atoms with Gasteiger partial charge >= 0.3 is 6.03 Å². The van der Waals surface area contributed by atoms with Gasteiger partial charge < -0.3 is 20.1 Å². The number of nitrogens with one attached hydrogen (secondary N) is 2. The van der Waals surface area contributed by atoms with Crippen LogP contribution in [0.1, 0.15) is 52.0 Å². The summed E-state index contributed by atoms with van der Waals surface area (Å²) in [6, 6.07) is 12.6. The first kappa shape index (κ1) is 22.8. The summed E-state index contributed by atoms with van der Waals surface area (Å²) < 4.78 is 2.06. The van der Waals surface area contributed by atoms with Gasteiger partial charge in [-0.3, -0.25) is 4.79 Å². The van der Waals surface area contributed by atoms with E-state index in [-0.39, 0.29) is 18.0 Å². The van der Waals surface area contributed by atoms with E-state index in [1.54, 1.807) is 25.2 Å². The molecule has 1 aliphatic heterocycles. The largest absolute Gasteiger partial charge is 0.355 e. The molecule has 1 fully saturated rings. The number of hydrogen-bond donors (Lipinski definition) is 2. The summed E-state index contributed by atoms with van der Waals surface area (Å²) in [5.74, 6) is 1.42. The van der Waals surface area contributed by atoms with E-state index in [0.29, 0.717) is 29.4 Å². The number of carbonyl (C=O) groups excluding carboxylic acids is 2. The van der Waals surface area contributed by atoms with Crippen molar-refractivity contribution in [2.45, 2.75) is 39.3 Å². The highest BCUT2D eigenvalue weighted by Crippen LogP contribution is 2.32. The number of carbonyl (C=O) groups is 2. The van der Waals surface area contributed by atoms with Gasteiger partial charge in [0.2, 0.25) is 0 Å². The fourth-order valence-electron chi connectivity index (χ4n) is 4.17. The van der Waals surface area contributed by atoms with Gasteiger partial charge in [-0.25, -0.2) is 4.79 Å². The Morgan fingerprint density at radius 1 is 1.12 bits per heavy atom. The molecule has 1 atom stereocenters. The predicted molar refractivity (Wildman–Crippen MR) is 128 cm³/mol. The zero-order chi connectivity index (χ0) is 23.5. The average molecular weight is 467 g/mol. The molecule has 3 amide bonds. The van der Waals surface area contributed by atoms with E-state index in [1.165, 1.54) is 0 Å². The predicted octanol–water partition coefficient (Wildman–Crippen LogP) is 4.33. The molecular weight excluding hydrogens is 440 g/mol. The van der Waals surface area contributed by atoms with Gasteiger partial charge in [-0.1, -0.05) is 23.7 Å². The molecule has 9 heteroatoms. The van der Waals surface area contributed by atoms with Gasteiger partial charge in [-0.15, -0.1) is 10.2 Å². The lowest BCUT2D eigenvalue weighted by atomic mass is 10.1. The first-order chi connectivity index (χ1) is 15.9. The standard InChI is InChI=1S/C24H27ClN6O2/c1-15-13-18(23(32)26-3)8-11-20(15)27-24(33)30-12-4-5-21(30)22-29-28-16(2)31(22)14-17-6-9-19(25)10-7-17/h6-11,13,21H,4-5,12,14H2,1-3H3,(H,26,32)(H,27,33)/t21-/m1/s1. The molecular formula is C24H27ClN6O2. The van der Waals surface area contributed by atoms with Crippen LogP contribution in [0.2, 0.25) is 5.02 Å². The van der Waals surface area contributed by atoms with Crippen molar-refractivity contribution < 1.29 is 9.59 Å². The molecule has 172 valence electrons. The molecule has 3 aromatic rings. The number of amides is 3. The minimum absolute atomic E-state index is 0.161. The SMILES string of the molecule is CNC(=O)c1ccc(NC(=O)N2CCC[C@@H]2c2nnc(C)n2Cc2ccc(Cl)cc2)c(C)c1. The molecule has 0 aliphatic carbocycles. The second-order valence-corrected chi connectivity index (χ2v) is 8.64. The molecule has 0 saturated carbocycles. The molecule has 33 heavy (non-hydrogen) atoms. The monoisotopic (exact) mass is 466 g/mol. The Morgan fingerprint density at radius 2 is 1.88 bits per heavy atom. The van der Waals surface area contributed by atoms with Crippen LogP contribution in [0.25, 0.3) is 0 Å². The van der Waals surface area contributed by atoms with Crippen molar-refractivity contribution >= 4 is 29.2 Å². The van der Waals surface area contributed by atoms with Crippen LogP contribution in [0.5, 0.6) is 0 Å². The summed E-state index contributed by atoms with van der Waals surface area (Å²) in [5, 5.41) is 15.0. The maximum Gasteiger partial charge on any atom is 0.322 e. The van der Waals surface area contributed by atoms with Crippen molar-refractivity contribution in [3.8, 4) is 0 Å². The molecule has 1 aliphatic rings. The maximum absolute atomic E-state index is 13.2. The Kier molecular flexibility index (Phi) is 6.65. The molecule has 4 rings (SSSR count). The van der Waals surface area contributed by atoms with E-state index in [1.807, 2.05) is 43.0 Å². The van der Waals surface area contributed by atoms with Gasteiger partial charge in [0, 0.05) is 29.9 Å². The normalized spacial score (nSPS) is 15.5. The van der Waals surface area contributed by atoms with E-state index in [9.17, 15) is 9.59 Å². The summed E-state index contributed by atoms with van der Waals surface area (Å²) in [5.41, 5.74) is 3.14. The van der Waals surface area contributed by atoms with Gasteiger partial charge in [0.1, 0.15) is 5.82 Å². The molecule has 0 spiro atoms. The lowest BCUT2D eigenvalue weighted by Crippen LogP contribution is -2.36. The first-order valence-corrected chi connectivity index (χ1v) is 11.3. The zero-order valence-corrected chi connectivity index (χ0v) is 19.7. The number of rotatable bonds is 5. The van der Waals surface area contributed by atoms with Crippen molar-refractivity contribution in [2.24, 2.45) is 0 Å². The number of nitrogens with zero attached hydrogens (tertiary/aromatic N) is 4. The van der Waals surface area contributed by atoms with Gasteiger partial charge in [0.25, 0.3) is 5.91 Å². The molecule has 2 heterocycles. The number of urea groups is 1. The number of benzene rings is 2. The van der Waals surface area contributed by atoms with Crippen LogP contribution >= 0.6 is 11.6 Å². The van der Waals surface area contributed by atoms with Crippen molar-refractivity contribution in [1.29, 1.82) is 0 Å². The summed E-state index contributed by atoms with van der Waals surface area (Å²) >= 11 is 6.02. The third-order valence-corrected chi connectivity index (χ3v) is 6.24. The summed E-state index contributed by atoms with van der Waals surface area (Å²) in [6.45, 7) is 5.04. The lowest BCUT2D eigenvalue weighted by Gasteiger charge is -2.25. The van der Waals surface area contributed by atoms with Crippen LogP contribution in [0.4, 0.5) is 10.5 Å². The van der Waals surface area contributed by atoms with Crippen LogP contribution < -0.4 is 10.6 Å². The fourth-order valence-corrected chi connectivity index (χ4v) is 4.29. The van der Waals surface area contributed by atoms with E-state index >= 15 is 0 Å². The van der Waals surface area contributed by atoms with E-state index < -0.39 is 0 Å². The number of aromatic nitrogens is 3. The quantitative estimate of drug-likeness (QED) is 0.585. The number of aryl methyl sites for hydroxylation is 2. The van der Waals surface area contributed by atoms with Crippen molar-refractivity contribution in [3.63, 3.8) is 0 Å². The second-order valence-electron chi connectivity index (χ2n) is 8.21. The Morgan fingerprint density at radius 3 is 2.58 bits per heavy atom. The summed E-state index contributed by atoms with van der Waals surface area (Å²) in [6.07, 6.45) is 1.71. The number of halogens is 1. The van der Waals surface area contributed by atoms with Crippen LogP contribution in [0, 0.1) is 13.8 Å². The first-order valence-electron chi connectivity index (χ1n) is 10.9. The number of anilines is 1. The maximum atomic E-state index is 13.2. The second kappa shape index (κ2) is 9.62. The molecule has 0 unspecified atom stereocenters. The number of likely N-dealkylation sites (tertiary alicyclic amines) is 1. The van der Waals surface area contributed by atoms with Crippen LogP contribution in [-0.2, 0) is 6.54 Å². The summed E-state index contributed by atoms with van der Waals surface area (Å²) in [7, 11) is 1.59. The Bertz CT molecular complexity index is 1170. The molecule has 2 aromatic carbocycles. The Hall–Kier alpha value is -3.39. The highest BCUT2D eigenvalue weighted by Gasteiger charge is 2.34. The lowest BCUT2D eigenvalue weighted by molar-refractivity contribution is 0.0963. The van der Waals surface area contributed by atoms with Gasteiger partial charge in [0.05, 0.1) is 12.6 Å². The van der Waals surface area contributed by atoms with Gasteiger partial charge in [-0.2, -0.15) is 0 Å². The minimum Gasteiger partial charge on any atom is -0.355 e. The molecule has 2 N–H and O–H groups in total. The highest BCUT2D eigenvalue weighted by atomic mass is 35.5.